The predicted octanol–water partition coefficient (Wildman–Crippen LogP) is 3.76. The minimum Gasteiger partial charge on any atom is -0.400 e. The Kier molecular flexibility index (Phi) is 4.14. The van der Waals surface area contributed by atoms with E-state index in [-0.39, 0.29) is 18.3 Å². The van der Waals surface area contributed by atoms with Crippen molar-refractivity contribution in [3.8, 4) is 0 Å². The Labute approximate surface area is 127 Å². The molecule has 4 heteroatoms. The topological polar surface area (TPSA) is 35.5 Å². The molecule has 3 nitrogen and oxygen atoms in total. The van der Waals surface area contributed by atoms with Crippen molar-refractivity contribution in [1.29, 1.82) is 0 Å². The molecule has 0 atom stereocenters. The number of carbonyl (C=O) groups excluding carboxylic acids is 1. The molecule has 0 unspecified atom stereocenters. The van der Waals surface area contributed by atoms with Gasteiger partial charge in [-0.25, -0.2) is 0 Å². The molecule has 1 aromatic rings. The van der Waals surface area contributed by atoms with Crippen molar-refractivity contribution in [3.05, 3.63) is 40.4 Å². The molecular weight excluding hydrogens is 263 g/mol. The van der Waals surface area contributed by atoms with Crippen LogP contribution >= 0.6 is 0 Å². The monoisotopic (exact) mass is 286 g/mol. The quantitative estimate of drug-likeness (QED) is 0.627. The molecule has 0 radical (unpaired) electrons. The Morgan fingerprint density at radius 3 is 1.95 bits per heavy atom. The van der Waals surface area contributed by atoms with Gasteiger partial charge in [-0.3, -0.25) is 4.79 Å². The third kappa shape index (κ3) is 3.12. The zero-order valence-electron chi connectivity index (χ0n) is 13.7. The lowest BCUT2D eigenvalue weighted by Gasteiger charge is -2.32. The number of aldehydes is 1. The van der Waals surface area contributed by atoms with Gasteiger partial charge in [0.2, 0.25) is 0 Å². The third-order valence-electron chi connectivity index (χ3n) is 4.49. The highest BCUT2D eigenvalue weighted by molar-refractivity contribution is 6.52. The normalized spacial score (nSPS) is 20.2. The second kappa shape index (κ2) is 5.43. The molecule has 0 N–H and O–H groups in total. The Morgan fingerprint density at radius 1 is 0.952 bits per heavy atom. The molecule has 0 saturated carbocycles. The van der Waals surface area contributed by atoms with Crippen molar-refractivity contribution in [1.82, 2.24) is 0 Å². The summed E-state index contributed by atoms with van der Waals surface area (Å²) in [4.78, 5) is 10.9. The molecule has 1 heterocycles. The van der Waals surface area contributed by atoms with E-state index in [0.29, 0.717) is 0 Å². The maximum atomic E-state index is 10.9. The van der Waals surface area contributed by atoms with Crippen LogP contribution in [-0.2, 0) is 9.31 Å². The molecule has 0 amide bonds. The van der Waals surface area contributed by atoms with E-state index in [9.17, 15) is 4.79 Å². The van der Waals surface area contributed by atoms with Crippen molar-refractivity contribution in [2.75, 3.05) is 0 Å². The average molecular weight is 286 g/mol. The summed E-state index contributed by atoms with van der Waals surface area (Å²) in [7, 11) is -0.347. The van der Waals surface area contributed by atoms with Gasteiger partial charge in [0.1, 0.15) is 6.29 Å². The van der Waals surface area contributed by atoms with Crippen LogP contribution in [0, 0.1) is 13.8 Å². The smallest absolute Gasteiger partial charge is 0.400 e. The third-order valence-corrected chi connectivity index (χ3v) is 4.49. The molecule has 112 valence electrons. The highest BCUT2D eigenvalue weighted by Gasteiger charge is 2.49. The highest BCUT2D eigenvalue weighted by Crippen LogP contribution is 2.37. The van der Waals surface area contributed by atoms with Crippen LogP contribution in [0.2, 0.25) is 0 Å². The highest BCUT2D eigenvalue weighted by atomic mass is 16.7. The zero-order valence-corrected chi connectivity index (χ0v) is 13.7. The van der Waals surface area contributed by atoms with Crippen molar-refractivity contribution in [2.24, 2.45) is 0 Å². The summed E-state index contributed by atoms with van der Waals surface area (Å²) in [5.41, 5.74) is 3.20. The van der Waals surface area contributed by atoms with Gasteiger partial charge in [-0.05, 0) is 64.3 Å². The summed E-state index contributed by atoms with van der Waals surface area (Å²) in [5.74, 6) is 1.93. The largest absolute Gasteiger partial charge is 0.487 e. The molecule has 0 aliphatic carbocycles. The van der Waals surface area contributed by atoms with E-state index in [1.165, 1.54) is 0 Å². The van der Waals surface area contributed by atoms with Gasteiger partial charge in [-0.15, -0.1) is 0 Å². The molecule has 0 bridgehead atoms. The summed E-state index contributed by atoms with van der Waals surface area (Å²) in [6, 6.07) is 3.92. The van der Waals surface area contributed by atoms with Gasteiger partial charge < -0.3 is 9.31 Å². The van der Waals surface area contributed by atoms with Crippen LogP contribution < -0.4 is 0 Å². The van der Waals surface area contributed by atoms with Gasteiger partial charge in [-0.2, -0.15) is 0 Å². The van der Waals surface area contributed by atoms with E-state index in [0.717, 1.165) is 28.5 Å². The summed E-state index contributed by atoms with van der Waals surface area (Å²) < 4.78 is 11.9. The van der Waals surface area contributed by atoms with Crippen LogP contribution in [-0.4, -0.2) is 24.6 Å². The first-order chi connectivity index (χ1) is 9.66. The Hall–Kier alpha value is -1.39. The summed E-state index contributed by atoms with van der Waals surface area (Å²) >= 11 is 0. The van der Waals surface area contributed by atoms with Crippen molar-refractivity contribution >= 4 is 19.5 Å². The fourth-order valence-electron chi connectivity index (χ4n) is 2.32. The lowest BCUT2D eigenvalue weighted by atomic mass is 9.88. The molecule has 1 saturated heterocycles. The maximum Gasteiger partial charge on any atom is 0.487 e. The second-order valence-electron chi connectivity index (χ2n) is 6.67. The SMILES string of the molecule is Cc1cc(/C=C/B2OC(C)(C)C(C)(C)O2)c(C)cc1C=O. The molecule has 1 fully saturated rings. The first-order valence-electron chi connectivity index (χ1n) is 7.26. The van der Waals surface area contributed by atoms with Gasteiger partial charge in [0.25, 0.3) is 0 Å². The van der Waals surface area contributed by atoms with E-state index in [1.807, 2.05) is 65.7 Å². The van der Waals surface area contributed by atoms with Crippen molar-refractivity contribution < 1.29 is 14.1 Å². The Morgan fingerprint density at radius 2 is 1.43 bits per heavy atom. The molecule has 1 aromatic carbocycles. The molecule has 1 aliphatic heterocycles. The summed E-state index contributed by atoms with van der Waals surface area (Å²) in [6.07, 6.45) is 2.89. The van der Waals surface area contributed by atoms with Crippen LogP contribution in [0.3, 0.4) is 0 Å². The van der Waals surface area contributed by atoms with Crippen LogP contribution in [0.4, 0.5) is 0 Å². The minimum absolute atomic E-state index is 0.325. The number of hydrogen-bond donors (Lipinski definition) is 0. The molecule has 0 spiro atoms. The van der Waals surface area contributed by atoms with E-state index in [4.69, 9.17) is 9.31 Å². The van der Waals surface area contributed by atoms with Gasteiger partial charge in [0.15, 0.2) is 0 Å². The van der Waals surface area contributed by atoms with Gasteiger partial charge in [0.05, 0.1) is 11.2 Å². The van der Waals surface area contributed by atoms with Crippen molar-refractivity contribution in [3.63, 3.8) is 0 Å². The number of aryl methyl sites for hydroxylation is 2. The standard InChI is InChI=1S/C17H23BO3/c1-12-10-15(11-19)13(2)9-14(12)7-8-18-20-16(3,4)17(5,6)21-18/h7-11H,1-6H3/b8-7+. The fraction of sp³-hybridized carbons (Fsp3) is 0.471. The van der Waals surface area contributed by atoms with Crippen LogP contribution in [0.1, 0.15) is 54.7 Å². The number of benzene rings is 1. The fourth-order valence-corrected chi connectivity index (χ4v) is 2.32. The maximum absolute atomic E-state index is 10.9. The van der Waals surface area contributed by atoms with Crippen LogP contribution in [0.5, 0.6) is 0 Å². The molecule has 1 aliphatic rings. The Balaban J connectivity index is 2.20. The number of carbonyl (C=O) groups is 1. The van der Waals surface area contributed by atoms with Gasteiger partial charge in [-0.1, -0.05) is 18.1 Å². The van der Waals surface area contributed by atoms with Crippen molar-refractivity contribution in [2.45, 2.75) is 52.7 Å². The molecule has 21 heavy (non-hydrogen) atoms. The Bertz CT molecular complexity index is 572. The lowest BCUT2D eigenvalue weighted by Crippen LogP contribution is -2.41. The first kappa shape index (κ1) is 16.0. The lowest BCUT2D eigenvalue weighted by molar-refractivity contribution is 0.00578. The molecule has 0 aromatic heterocycles. The number of hydrogen-bond acceptors (Lipinski definition) is 3. The van der Waals surface area contributed by atoms with Gasteiger partial charge >= 0.3 is 7.12 Å². The molecular formula is C17H23BO3. The zero-order chi connectivity index (χ0) is 15.8. The second-order valence-corrected chi connectivity index (χ2v) is 6.67. The summed E-state index contributed by atoms with van der Waals surface area (Å²) in [6.45, 7) is 12.1. The van der Waals surface area contributed by atoms with E-state index in [2.05, 4.69) is 0 Å². The van der Waals surface area contributed by atoms with Gasteiger partial charge in [0, 0.05) is 5.56 Å². The first-order valence-corrected chi connectivity index (χ1v) is 7.26. The van der Waals surface area contributed by atoms with E-state index in [1.54, 1.807) is 0 Å². The van der Waals surface area contributed by atoms with E-state index < -0.39 is 0 Å². The minimum atomic E-state index is -0.347. The molecule has 2 rings (SSSR count). The van der Waals surface area contributed by atoms with E-state index >= 15 is 0 Å². The average Bonchev–Trinajstić information content (AvgIpc) is 2.58. The summed E-state index contributed by atoms with van der Waals surface area (Å²) in [5, 5.41) is 0. The van der Waals surface area contributed by atoms with Crippen LogP contribution in [0.25, 0.3) is 6.08 Å². The number of rotatable bonds is 3. The van der Waals surface area contributed by atoms with Crippen LogP contribution in [0.15, 0.2) is 18.1 Å². The predicted molar refractivity (Wildman–Crippen MR) is 86.4 cm³/mol.